The van der Waals surface area contributed by atoms with Crippen LogP contribution in [0.5, 0.6) is 5.75 Å². The Morgan fingerprint density at radius 1 is 0.758 bits per heavy atom. The molecule has 7 nitrogen and oxygen atoms in total. The number of sulfonamides is 2. The third-order valence-corrected chi connectivity index (χ3v) is 8.94. The van der Waals surface area contributed by atoms with E-state index >= 15 is 0 Å². The summed E-state index contributed by atoms with van der Waals surface area (Å²) < 4.78 is 55.3. The summed E-state index contributed by atoms with van der Waals surface area (Å²) in [6, 6.07) is 19.6. The second-order valence-corrected chi connectivity index (χ2v) is 11.7. The molecule has 0 saturated carbocycles. The molecule has 0 amide bonds. The van der Waals surface area contributed by atoms with E-state index in [0.717, 1.165) is 30.4 Å². The van der Waals surface area contributed by atoms with Crippen molar-refractivity contribution >= 4 is 25.7 Å². The summed E-state index contributed by atoms with van der Waals surface area (Å²) in [4.78, 5) is -0.0241. The van der Waals surface area contributed by atoms with Gasteiger partial charge in [-0.15, -0.1) is 0 Å². The average Bonchev–Trinajstić information content (AvgIpc) is 2.82. The topological polar surface area (TPSA) is 104 Å². The first-order chi connectivity index (χ1) is 15.8. The maximum atomic E-state index is 12.9. The fourth-order valence-electron chi connectivity index (χ4n) is 3.86. The van der Waals surface area contributed by atoms with E-state index in [4.69, 9.17) is 0 Å². The van der Waals surface area contributed by atoms with Crippen molar-refractivity contribution in [1.82, 2.24) is 4.31 Å². The number of hydrogen-bond donors (Lipinski definition) is 2. The lowest BCUT2D eigenvalue weighted by Crippen LogP contribution is -2.35. The molecule has 1 aliphatic rings. The normalized spacial score (nSPS) is 15.3. The molecule has 0 atom stereocenters. The summed E-state index contributed by atoms with van der Waals surface area (Å²) >= 11 is 0. The summed E-state index contributed by atoms with van der Waals surface area (Å²) in [7, 11) is -7.68. The van der Waals surface area contributed by atoms with Gasteiger partial charge in [-0.25, -0.2) is 16.8 Å². The standard InChI is InChI=1S/C24H26N2O5S2/c27-24-14-9-20(17-19-7-3-1-4-8-19)18-23(24)25-32(28,29)21-10-12-22(13-11-21)33(30,31)26-15-5-2-6-16-26/h1,3-4,7-14,18,25,27H,2,5-6,15-17H2. The Kier molecular flexibility index (Phi) is 6.73. The van der Waals surface area contributed by atoms with Gasteiger partial charge in [0.25, 0.3) is 10.0 Å². The van der Waals surface area contributed by atoms with Gasteiger partial charge < -0.3 is 5.11 Å². The van der Waals surface area contributed by atoms with Crippen molar-refractivity contribution < 1.29 is 21.9 Å². The van der Waals surface area contributed by atoms with Crippen LogP contribution in [0.1, 0.15) is 30.4 Å². The van der Waals surface area contributed by atoms with Gasteiger partial charge >= 0.3 is 0 Å². The number of phenols is 1. The summed E-state index contributed by atoms with van der Waals surface area (Å²) in [6.45, 7) is 0.949. The summed E-state index contributed by atoms with van der Waals surface area (Å²) in [6.07, 6.45) is 3.23. The van der Waals surface area contributed by atoms with E-state index in [1.807, 2.05) is 30.3 Å². The quantitative estimate of drug-likeness (QED) is 0.492. The second-order valence-electron chi connectivity index (χ2n) is 8.06. The number of piperidine rings is 1. The number of benzene rings is 3. The number of nitrogens with one attached hydrogen (secondary N) is 1. The number of phenolic OH excluding ortho intramolecular Hbond substituents is 1. The highest BCUT2D eigenvalue weighted by Gasteiger charge is 2.26. The lowest BCUT2D eigenvalue weighted by atomic mass is 10.0. The highest BCUT2D eigenvalue weighted by molar-refractivity contribution is 7.92. The first-order valence-corrected chi connectivity index (χ1v) is 13.7. The fraction of sp³-hybridized carbons (Fsp3) is 0.250. The van der Waals surface area contributed by atoms with Gasteiger partial charge in [-0.2, -0.15) is 4.31 Å². The lowest BCUT2D eigenvalue weighted by Gasteiger charge is -2.25. The van der Waals surface area contributed by atoms with Crippen LogP contribution in [0.3, 0.4) is 0 Å². The molecule has 0 aliphatic carbocycles. The third-order valence-electron chi connectivity index (χ3n) is 5.64. The van der Waals surface area contributed by atoms with Crippen LogP contribution in [-0.2, 0) is 26.5 Å². The third kappa shape index (κ3) is 5.38. The van der Waals surface area contributed by atoms with Crippen LogP contribution >= 0.6 is 0 Å². The lowest BCUT2D eigenvalue weighted by molar-refractivity contribution is 0.346. The van der Waals surface area contributed by atoms with Crippen LogP contribution in [0.25, 0.3) is 0 Å². The Balaban J connectivity index is 1.53. The van der Waals surface area contributed by atoms with Gasteiger partial charge in [-0.3, -0.25) is 4.72 Å². The molecule has 174 valence electrons. The zero-order chi connectivity index (χ0) is 23.5. The molecular weight excluding hydrogens is 460 g/mol. The van der Waals surface area contributed by atoms with E-state index in [9.17, 15) is 21.9 Å². The largest absolute Gasteiger partial charge is 0.506 e. The molecule has 1 aliphatic heterocycles. The minimum Gasteiger partial charge on any atom is -0.506 e. The molecule has 33 heavy (non-hydrogen) atoms. The predicted octanol–water partition coefficient (Wildman–Crippen LogP) is 3.96. The molecule has 0 aromatic heterocycles. The molecule has 0 radical (unpaired) electrons. The Morgan fingerprint density at radius 2 is 1.39 bits per heavy atom. The van der Waals surface area contributed by atoms with Crippen LogP contribution in [0.2, 0.25) is 0 Å². The molecule has 3 aromatic carbocycles. The molecule has 0 unspecified atom stereocenters. The molecule has 0 spiro atoms. The van der Waals surface area contributed by atoms with Gasteiger partial charge in [0.2, 0.25) is 10.0 Å². The summed E-state index contributed by atoms with van der Waals surface area (Å²) in [5.74, 6) is -0.195. The van der Waals surface area contributed by atoms with E-state index in [1.54, 1.807) is 12.1 Å². The van der Waals surface area contributed by atoms with Crippen LogP contribution in [-0.4, -0.2) is 39.3 Å². The summed E-state index contributed by atoms with van der Waals surface area (Å²) in [5.41, 5.74) is 1.95. The number of nitrogens with zero attached hydrogens (tertiary/aromatic N) is 1. The van der Waals surface area contributed by atoms with Crippen molar-refractivity contribution in [2.75, 3.05) is 17.8 Å². The molecule has 2 N–H and O–H groups in total. The van der Waals surface area contributed by atoms with Crippen molar-refractivity contribution in [3.63, 3.8) is 0 Å². The smallest absolute Gasteiger partial charge is 0.262 e. The van der Waals surface area contributed by atoms with Crippen molar-refractivity contribution in [2.24, 2.45) is 0 Å². The summed E-state index contributed by atoms with van der Waals surface area (Å²) in [5, 5.41) is 10.2. The van der Waals surface area contributed by atoms with Gasteiger partial charge in [-0.05, 0) is 66.8 Å². The minimum atomic E-state index is -4.03. The Labute approximate surface area is 194 Å². The van der Waals surface area contributed by atoms with Gasteiger partial charge in [-0.1, -0.05) is 42.8 Å². The maximum absolute atomic E-state index is 12.9. The Bertz CT molecular complexity index is 1320. The minimum absolute atomic E-state index is 0.0634. The molecule has 3 aromatic rings. The van der Waals surface area contributed by atoms with Gasteiger partial charge in [0.1, 0.15) is 5.75 Å². The number of rotatable bonds is 7. The molecule has 1 heterocycles. The first-order valence-electron chi connectivity index (χ1n) is 10.7. The van der Waals surface area contributed by atoms with E-state index in [1.165, 1.54) is 34.6 Å². The van der Waals surface area contributed by atoms with Crippen molar-refractivity contribution in [1.29, 1.82) is 0 Å². The predicted molar refractivity (Wildman–Crippen MR) is 127 cm³/mol. The van der Waals surface area contributed by atoms with Crippen LogP contribution < -0.4 is 4.72 Å². The molecule has 0 bridgehead atoms. The molecule has 1 saturated heterocycles. The fourth-order valence-corrected chi connectivity index (χ4v) is 6.44. The van der Waals surface area contributed by atoms with Crippen molar-refractivity contribution in [3.8, 4) is 5.75 Å². The molecule has 1 fully saturated rings. The highest BCUT2D eigenvalue weighted by atomic mass is 32.2. The van der Waals surface area contributed by atoms with Gasteiger partial charge in [0.05, 0.1) is 15.5 Å². The van der Waals surface area contributed by atoms with E-state index in [-0.39, 0.29) is 21.2 Å². The first kappa shape index (κ1) is 23.3. The molecule has 9 heteroatoms. The van der Waals surface area contributed by atoms with E-state index in [2.05, 4.69) is 4.72 Å². The van der Waals surface area contributed by atoms with Crippen molar-refractivity contribution in [3.05, 3.63) is 83.9 Å². The Morgan fingerprint density at radius 3 is 2.06 bits per heavy atom. The van der Waals surface area contributed by atoms with Crippen LogP contribution in [0, 0.1) is 0 Å². The number of aromatic hydroxyl groups is 1. The highest BCUT2D eigenvalue weighted by Crippen LogP contribution is 2.29. The van der Waals surface area contributed by atoms with Crippen LogP contribution in [0.4, 0.5) is 5.69 Å². The van der Waals surface area contributed by atoms with Gasteiger partial charge in [0, 0.05) is 13.1 Å². The van der Waals surface area contributed by atoms with Gasteiger partial charge in [0.15, 0.2) is 0 Å². The number of hydrogen-bond acceptors (Lipinski definition) is 5. The van der Waals surface area contributed by atoms with E-state index < -0.39 is 20.0 Å². The SMILES string of the molecule is O=S(=O)(Nc1cc(Cc2ccccc2)ccc1O)c1ccc(S(=O)(=O)N2CCCCC2)cc1. The average molecular weight is 487 g/mol. The zero-order valence-electron chi connectivity index (χ0n) is 18.0. The molecule has 4 rings (SSSR count). The number of anilines is 1. The Hall–Kier alpha value is -2.88. The maximum Gasteiger partial charge on any atom is 0.262 e. The van der Waals surface area contributed by atoms with Crippen LogP contribution in [0.15, 0.2) is 82.6 Å². The molecular formula is C24H26N2O5S2. The van der Waals surface area contributed by atoms with Crippen molar-refractivity contribution in [2.45, 2.75) is 35.5 Å². The zero-order valence-corrected chi connectivity index (χ0v) is 19.6. The second kappa shape index (κ2) is 9.54. The monoisotopic (exact) mass is 486 g/mol. The van der Waals surface area contributed by atoms with E-state index in [0.29, 0.717) is 19.5 Å².